The van der Waals surface area contributed by atoms with Gasteiger partial charge in [-0.05, 0) is 22.0 Å². The third kappa shape index (κ3) is 3.43. The predicted octanol–water partition coefficient (Wildman–Crippen LogP) is 5.04. The third-order valence-electron chi connectivity index (χ3n) is 2.50. The van der Waals surface area contributed by atoms with Crippen LogP contribution in [0.5, 0.6) is 0 Å². The van der Waals surface area contributed by atoms with Gasteiger partial charge in [0.25, 0.3) is 0 Å². The Bertz CT molecular complexity index is 650. The van der Waals surface area contributed by atoms with Gasteiger partial charge in [-0.1, -0.05) is 25.4 Å². The highest BCUT2D eigenvalue weighted by molar-refractivity contribution is 9.10. The molecular formula is C13H11BrClF2N3. The van der Waals surface area contributed by atoms with Gasteiger partial charge < -0.3 is 5.32 Å². The Labute approximate surface area is 128 Å². The number of anilines is 2. The molecule has 20 heavy (non-hydrogen) atoms. The highest BCUT2D eigenvalue weighted by atomic mass is 79.9. The summed E-state index contributed by atoms with van der Waals surface area (Å²) in [7, 11) is 0. The topological polar surface area (TPSA) is 37.8 Å². The molecule has 0 bridgehead atoms. The number of hydrogen-bond donors (Lipinski definition) is 1. The molecule has 0 aliphatic carbocycles. The Kier molecular flexibility index (Phi) is 4.55. The molecule has 0 fully saturated rings. The van der Waals surface area contributed by atoms with Crippen LogP contribution in [0.3, 0.4) is 0 Å². The van der Waals surface area contributed by atoms with E-state index >= 15 is 0 Å². The fraction of sp³-hybridized carbons (Fsp3) is 0.231. The van der Waals surface area contributed by atoms with Gasteiger partial charge in [0.05, 0.1) is 10.2 Å². The molecule has 1 N–H and O–H groups in total. The molecule has 7 heteroatoms. The number of aromatic nitrogens is 2. The lowest BCUT2D eigenvalue weighted by atomic mass is 10.2. The normalized spacial score (nSPS) is 10.9. The maximum Gasteiger partial charge on any atom is 0.148 e. The lowest BCUT2D eigenvalue weighted by Crippen LogP contribution is -2.03. The SMILES string of the molecule is CC(C)c1nc(Cl)cc(Nc2cc(F)c(Br)cc2F)n1. The van der Waals surface area contributed by atoms with Crippen molar-refractivity contribution in [1.29, 1.82) is 0 Å². The fourth-order valence-electron chi connectivity index (χ4n) is 1.51. The van der Waals surface area contributed by atoms with E-state index in [1.165, 1.54) is 6.07 Å². The minimum Gasteiger partial charge on any atom is -0.338 e. The molecule has 0 aliphatic heterocycles. The van der Waals surface area contributed by atoms with E-state index in [0.29, 0.717) is 11.6 Å². The van der Waals surface area contributed by atoms with Crippen molar-refractivity contribution in [3.05, 3.63) is 45.3 Å². The van der Waals surface area contributed by atoms with Gasteiger partial charge >= 0.3 is 0 Å². The zero-order valence-corrected chi connectivity index (χ0v) is 13.1. The van der Waals surface area contributed by atoms with Crippen molar-refractivity contribution in [1.82, 2.24) is 9.97 Å². The standard InChI is InChI=1S/C13H11BrClF2N3/c1-6(2)13-19-11(15)5-12(20-13)18-10-4-8(16)7(14)3-9(10)17/h3-6H,1-2H3,(H,18,19,20). The van der Waals surface area contributed by atoms with Crippen LogP contribution in [-0.2, 0) is 0 Å². The second kappa shape index (κ2) is 6.01. The molecule has 106 valence electrons. The van der Waals surface area contributed by atoms with Crippen molar-refractivity contribution in [3.8, 4) is 0 Å². The molecule has 2 rings (SSSR count). The largest absolute Gasteiger partial charge is 0.338 e. The van der Waals surface area contributed by atoms with Gasteiger partial charge in [0.2, 0.25) is 0 Å². The number of halogens is 4. The van der Waals surface area contributed by atoms with Gasteiger partial charge in [-0.15, -0.1) is 0 Å². The first-order valence-corrected chi connectivity index (χ1v) is 7.00. The molecule has 0 spiro atoms. The van der Waals surface area contributed by atoms with Gasteiger partial charge in [-0.2, -0.15) is 0 Å². The summed E-state index contributed by atoms with van der Waals surface area (Å²) in [6.45, 7) is 3.82. The van der Waals surface area contributed by atoms with Crippen LogP contribution >= 0.6 is 27.5 Å². The summed E-state index contributed by atoms with van der Waals surface area (Å²) in [4.78, 5) is 8.28. The first-order valence-electron chi connectivity index (χ1n) is 5.83. The zero-order chi connectivity index (χ0) is 14.9. The van der Waals surface area contributed by atoms with Crippen LogP contribution < -0.4 is 5.32 Å². The summed E-state index contributed by atoms with van der Waals surface area (Å²) in [5, 5.41) is 2.94. The minimum absolute atomic E-state index is 0.0184. The van der Waals surface area contributed by atoms with E-state index in [1.807, 2.05) is 13.8 Å². The Hall–Kier alpha value is -1.27. The van der Waals surface area contributed by atoms with E-state index in [4.69, 9.17) is 11.6 Å². The molecule has 0 amide bonds. The second-order valence-electron chi connectivity index (χ2n) is 4.46. The first-order chi connectivity index (χ1) is 9.36. The molecule has 3 nitrogen and oxygen atoms in total. The summed E-state index contributed by atoms with van der Waals surface area (Å²) in [5.74, 6) is -0.259. The summed E-state index contributed by atoms with van der Waals surface area (Å²) in [6.07, 6.45) is 0. The van der Waals surface area contributed by atoms with Crippen molar-refractivity contribution in [2.45, 2.75) is 19.8 Å². The van der Waals surface area contributed by atoms with Crippen LogP contribution in [-0.4, -0.2) is 9.97 Å². The molecule has 0 saturated carbocycles. The van der Waals surface area contributed by atoms with E-state index < -0.39 is 11.6 Å². The smallest absolute Gasteiger partial charge is 0.148 e. The maximum absolute atomic E-state index is 13.7. The first kappa shape index (κ1) is 15.1. The van der Waals surface area contributed by atoms with E-state index in [1.54, 1.807) is 0 Å². The van der Waals surface area contributed by atoms with Gasteiger partial charge in [0.1, 0.15) is 28.4 Å². The fourth-order valence-corrected chi connectivity index (χ4v) is 2.02. The minimum atomic E-state index is -0.598. The third-order valence-corrected chi connectivity index (χ3v) is 3.30. The van der Waals surface area contributed by atoms with Crippen LogP contribution in [0.25, 0.3) is 0 Å². The van der Waals surface area contributed by atoms with Gasteiger partial charge in [-0.3, -0.25) is 0 Å². The Morgan fingerprint density at radius 1 is 1.15 bits per heavy atom. The molecule has 0 radical (unpaired) electrons. The summed E-state index contributed by atoms with van der Waals surface area (Å²) >= 11 is 8.81. The number of benzene rings is 1. The average molecular weight is 363 g/mol. The Morgan fingerprint density at radius 2 is 1.85 bits per heavy atom. The van der Waals surface area contributed by atoms with Gasteiger partial charge in [-0.25, -0.2) is 18.7 Å². The highest BCUT2D eigenvalue weighted by Crippen LogP contribution is 2.26. The predicted molar refractivity (Wildman–Crippen MR) is 78.5 cm³/mol. The quantitative estimate of drug-likeness (QED) is 0.614. The molecule has 1 heterocycles. The number of hydrogen-bond acceptors (Lipinski definition) is 3. The number of rotatable bonds is 3. The molecule has 0 aliphatic rings. The summed E-state index contributed by atoms with van der Waals surface area (Å²) in [5.41, 5.74) is -0.0184. The number of nitrogens with zero attached hydrogens (tertiary/aromatic N) is 2. The van der Waals surface area contributed by atoms with Crippen LogP contribution in [0.15, 0.2) is 22.7 Å². The van der Waals surface area contributed by atoms with Crippen molar-refractivity contribution in [2.24, 2.45) is 0 Å². The van der Waals surface area contributed by atoms with Crippen LogP contribution in [0.2, 0.25) is 5.15 Å². The van der Waals surface area contributed by atoms with E-state index in [9.17, 15) is 8.78 Å². The molecular weight excluding hydrogens is 352 g/mol. The monoisotopic (exact) mass is 361 g/mol. The molecule has 1 aromatic carbocycles. The molecule has 1 aromatic heterocycles. The number of nitrogens with one attached hydrogen (secondary N) is 1. The maximum atomic E-state index is 13.7. The molecule has 0 unspecified atom stereocenters. The summed E-state index contributed by atoms with van der Waals surface area (Å²) < 4.78 is 27.2. The summed E-state index contributed by atoms with van der Waals surface area (Å²) in [6, 6.07) is 3.54. The highest BCUT2D eigenvalue weighted by Gasteiger charge is 2.11. The lowest BCUT2D eigenvalue weighted by Gasteiger charge is -2.10. The van der Waals surface area contributed by atoms with E-state index in [-0.39, 0.29) is 21.2 Å². The molecule has 0 saturated heterocycles. The van der Waals surface area contributed by atoms with Crippen LogP contribution in [0.1, 0.15) is 25.6 Å². The van der Waals surface area contributed by atoms with Crippen molar-refractivity contribution < 1.29 is 8.78 Å². The van der Waals surface area contributed by atoms with Gasteiger partial charge in [0.15, 0.2) is 0 Å². The second-order valence-corrected chi connectivity index (χ2v) is 5.70. The molecule has 0 atom stereocenters. The van der Waals surface area contributed by atoms with E-state index in [2.05, 4.69) is 31.2 Å². The van der Waals surface area contributed by atoms with Crippen LogP contribution in [0.4, 0.5) is 20.3 Å². The Balaban J connectivity index is 2.37. The Morgan fingerprint density at radius 3 is 2.50 bits per heavy atom. The van der Waals surface area contributed by atoms with Crippen molar-refractivity contribution in [2.75, 3.05) is 5.32 Å². The van der Waals surface area contributed by atoms with Gasteiger partial charge in [0, 0.05) is 18.1 Å². The lowest BCUT2D eigenvalue weighted by molar-refractivity contribution is 0.597. The van der Waals surface area contributed by atoms with Crippen molar-refractivity contribution >= 4 is 39.0 Å². The van der Waals surface area contributed by atoms with E-state index in [0.717, 1.165) is 12.1 Å². The van der Waals surface area contributed by atoms with Crippen LogP contribution in [0, 0.1) is 11.6 Å². The molecule has 2 aromatic rings. The van der Waals surface area contributed by atoms with Crippen molar-refractivity contribution in [3.63, 3.8) is 0 Å². The average Bonchev–Trinajstić information content (AvgIpc) is 2.35. The zero-order valence-electron chi connectivity index (χ0n) is 10.7.